The van der Waals surface area contributed by atoms with Crippen molar-refractivity contribution in [2.24, 2.45) is 5.92 Å². The van der Waals surface area contributed by atoms with Crippen molar-refractivity contribution < 1.29 is 14.6 Å². The Hall–Kier alpha value is -2.83. The van der Waals surface area contributed by atoms with E-state index in [1.807, 2.05) is 37.3 Å². The number of aliphatic carboxylic acids is 1. The highest BCUT2D eigenvalue weighted by molar-refractivity contribution is 5.70. The molecule has 0 unspecified atom stereocenters. The second kappa shape index (κ2) is 7.38. The lowest BCUT2D eigenvalue weighted by atomic mass is 9.97. The number of hydrogen-bond acceptors (Lipinski definition) is 6. The van der Waals surface area contributed by atoms with Gasteiger partial charge in [-0.25, -0.2) is 4.98 Å². The quantitative estimate of drug-likeness (QED) is 0.864. The molecule has 0 radical (unpaired) electrons. The number of hydrogen-bond donors (Lipinski definition) is 2. The maximum absolute atomic E-state index is 11.1. The van der Waals surface area contributed by atoms with Gasteiger partial charge in [-0.3, -0.25) is 4.79 Å². The third kappa shape index (κ3) is 3.99. The Balaban J connectivity index is 1.78. The molecule has 7 nitrogen and oxygen atoms in total. The number of carboxylic acids is 1. The number of aromatic nitrogens is 2. The van der Waals surface area contributed by atoms with Gasteiger partial charge in [-0.2, -0.15) is 4.98 Å². The maximum Gasteiger partial charge on any atom is 0.306 e. The first-order valence-corrected chi connectivity index (χ1v) is 8.30. The molecule has 3 rings (SSSR count). The maximum atomic E-state index is 11.1. The molecule has 7 heteroatoms. The number of aryl methyl sites for hydroxylation is 1. The van der Waals surface area contributed by atoms with Crippen LogP contribution in [0.4, 0.5) is 17.5 Å². The normalized spacial score (nSPS) is 15.0. The molecule has 0 aliphatic carbocycles. The van der Waals surface area contributed by atoms with Crippen LogP contribution in [0.5, 0.6) is 5.75 Å². The third-order valence-electron chi connectivity index (χ3n) is 4.36. The molecular weight excluding hydrogens is 320 g/mol. The number of methoxy groups -OCH3 is 1. The van der Waals surface area contributed by atoms with Gasteiger partial charge in [-0.1, -0.05) is 12.1 Å². The molecule has 0 saturated carbocycles. The van der Waals surface area contributed by atoms with Crippen LogP contribution in [0.3, 0.4) is 0 Å². The summed E-state index contributed by atoms with van der Waals surface area (Å²) >= 11 is 0. The molecule has 0 amide bonds. The van der Waals surface area contributed by atoms with E-state index in [1.54, 1.807) is 7.11 Å². The second-order valence-corrected chi connectivity index (χ2v) is 6.12. The van der Waals surface area contributed by atoms with Crippen LogP contribution in [0, 0.1) is 12.8 Å². The van der Waals surface area contributed by atoms with Gasteiger partial charge in [-0.15, -0.1) is 0 Å². The lowest BCUT2D eigenvalue weighted by Gasteiger charge is -2.31. The molecule has 1 saturated heterocycles. The largest absolute Gasteiger partial charge is 0.495 e. The minimum Gasteiger partial charge on any atom is -0.495 e. The summed E-state index contributed by atoms with van der Waals surface area (Å²) in [6, 6.07) is 9.52. The number of rotatable bonds is 5. The number of nitrogens with zero attached hydrogens (tertiary/aromatic N) is 3. The van der Waals surface area contributed by atoms with Crippen molar-refractivity contribution in [3.63, 3.8) is 0 Å². The van der Waals surface area contributed by atoms with Gasteiger partial charge in [0, 0.05) is 24.8 Å². The highest BCUT2D eigenvalue weighted by Crippen LogP contribution is 2.28. The van der Waals surface area contributed by atoms with Crippen LogP contribution in [0.2, 0.25) is 0 Å². The highest BCUT2D eigenvalue weighted by atomic mass is 16.5. The van der Waals surface area contributed by atoms with Crippen LogP contribution in [0.15, 0.2) is 30.3 Å². The van der Waals surface area contributed by atoms with Crippen molar-refractivity contribution in [2.45, 2.75) is 19.8 Å². The summed E-state index contributed by atoms with van der Waals surface area (Å²) in [6.45, 7) is 3.28. The number of anilines is 3. The van der Waals surface area contributed by atoms with Crippen LogP contribution >= 0.6 is 0 Å². The molecule has 2 heterocycles. The molecule has 1 fully saturated rings. The zero-order valence-corrected chi connectivity index (χ0v) is 14.4. The molecule has 1 aliphatic rings. The van der Waals surface area contributed by atoms with Gasteiger partial charge in [0.2, 0.25) is 5.95 Å². The predicted octanol–water partition coefficient (Wildman–Crippen LogP) is 2.84. The second-order valence-electron chi connectivity index (χ2n) is 6.12. The van der Waals surface area contributed by atoms with Crippen molar-refractivity contribution in [2.75, 3.05) is 30.4 Å². The van der Waals surface area contributed by atoms with Gasteiger partial charge in [0.1, 0.15) is 11.6 Å². The van der Waals surface area contributed by atoms with Gasteiger partial charge in [0.15, 0.2) is 0 Å². The summed E-state index contributed by atoms with van der Waals surface area (Å²) in [7, 11) is 1.62. The lowest BCUT2D eigenvalue weighted by molar-refractivity contribution is -0.142. The molecule has 0 spiro atoms. The fourth-order valence-corrected chi connectivity index (χ4v) is 2.99. The van der Waals surface area contributed by atoms with E-state index in [-0.39, 0.29) is 5.92 Å². The Kier molecular flexibility index (Phi) is 5.02. The SMILES string of the molecule is COc1ccccc1Nc1nc(C)cc(N2CCC(C(=O)O)CC2)n1. The van der Waals surface area contributed by atoms with Crippen LogP contribution in [-0.4, -0.2) is 41.2 Å². The van der Waals surface area contributed by atoms with E-state index >= 15 is 0 Å². The summed E-state index contributed by atoms with van der Waals surface area (Å²) in [5.41, 5.74) is 1.65. The van der Waals surface area contributed by atoms with E-state index in [0.717, 1.165) is 22.9 Å². The number of ether oxygens (including phenoxy) is 1. The van der Waals surface area contributed by atoms with E-state index in [0.29, 0.717) is 31.9 Å². The fourth-order valence-electron chi connectivity index (χ4n) is 2.99. The Bertz CT molecular complexity index is 758. The summed E-state index contributed by atoms with van der Waals surface area (Å²) in [6.07, 6.45) is 1.27. The number of nitrogens with one attached hydrogen (secondary N) is 1. The molecule has 132 valence electrons. The molecule has 25 heavy (non-hydrogen) atoms. The first-order valence-electron chi connectivity index (χ1n) is 8.30. The zero-order chi connectivity index (χ0) is 17.8. The monoisotopic (exact) mass is 342 g/mol. The number of carboxylic acid groups (broad SMARTS) is 1. The molecule has 2 aromatic rings. The van der Waals surface area contributed by atoms with E-state index in [4.69, 9.17) is 9.84 Å². The van der Waals surface area contributed by atoms with Crippen LogP contribution in [0.1, 0.15) is 18.5 Å². The van der Waals surface area contributed by atoms with Crippen molar-refractivity contribution in [1.82, 2.24) is 9.97 Å². The summed E-state index contributed by atoms with van der Waals surface area (Å²) in [5, 5.41) is 12.3. The van der Waals surface area contributed by atoms with Gasteiger partial charge in [0.25, 0.3) is 0 Å². The van der Waals surface area contributed by atoms with Crippen molar-refractivity contribution >= 4 is 23.4 Å². The topological polar surface area (TPSA) is 87.6 Å². The van der Waals surface area contributed by atoms with E-state index < -0.39 is 5.97 Å². The Labute approximate surface area is 146 Å². The number of para-hydroxylation sites is 2. The van der Waals surface area contributed by atoms with E-state index in [9.17, 15) is 4.79 Å². The van der Waals surface area contributed by atoms with Crippen molar-refractivity contribution in [3.05, 3.63) is 36.0 Å². The highest BCUT2D eigenvalue weighted by Gasteiger charge is 2.25. The average Bonchev–Trinajstić information content (AvgIpc) is 2.62. The molecule has 1 aliphatic heterocycles. The third-order valence-corrected chi connectivity index (χ3v) is 4.36. The molecule has 0 bridgehead atoms. The number of benzene rings is 1. The van der Waals surface area contributed by atoms with E-state index in [1.165, 1.54) is 0 Å². The van der Waals surface area contributed by atoms with Gasteiger partial charge < -0.3 is 20.1 Å². The Morgan fingerprint density at radius 3 is 2.68 bits per heavy atom. The summed E-state index contributed by atoms with van der Waals surface area (Å²) in [4.78, 5) is 22.3. The van der Waals surface area contributed by atoms with Gasteiger partial charge in [-0.05, 0) is 31.9 Å². The minimum absolute atomic E-state index is 0.259. The molecule has 1 aromatic heterocycles. The molecular formula is C18H22N4O3. The summed E-state index contributed by atoms with van der Waals surface area (Å²) in [5.74, 6) is 1.06. The van der Waals surface area contributed by atoms with Crippen molar-refractivity contribution in [1.29, 1.82) is 0 Å². The van der Waals surface area contributed by atoms with Crippen LogP contribution in [-0.2, 0) is 4.79 Å². The van der Waals surface area contributed by atoms with E-state index in [2.05, 4.69) is 20.2 Å². The summed E-state index contributed by atoms with van der Waals surface area (Å²) < 4.78 is 5.34. The minimum atomic E-state index is -0.711. The smallest absolute Gasteiger partial charge is 0.306 e. The standard InChI is InChI=1S/C18H22N4O3/c1-12-11-16(22-9-7-13(8-10-22)17(23)24)21-18(19-12)20-14-5-3-4-6-15(14)25-2/h3-6,11,13H,7-10H2,1-2H3,(H,23,24)(H,19,20,21). The first kappa shape index (κ1) is 17.0. The zero-order valence-electron chi connectivity index (χ0n) is 14.4. The Morgan fingerprint density at radius 2 is 2.00 bits per heavy atom. The predicted molar refractivity (Wildman–Crippen MR) is 95.6 cm³/mol. The van der Waals surface area contributed by atoms with Crippen LogP contribution < -0.4 is 15.0 Å². The number of carbonyl (C=O) groups is 1. The number of piperidine rings is 1. The lowest BCUT2D eigenvalue weighted by Crippen LogP contribution is -2.36. The van der Waals surface area contributed by atoms with Crippen molar-refractivity contribution in [3.8, 4) is 5.75 Å². The fraction of sp³-hybridized carbons (Fsp3) is 0.389. The van der Waals surface area contributed by atoms with Gasteiger partial charge >= 0.3 is 5.97 Å². The van der Waals surface area contributed by atoms with Gasteiger partial charge in [0.05, 0.1) is 18.7 Å². The van der Waals surface area contributed by atoms with Crippen LogP contribution in [0.25, 0.3) is 0 Å². The molecule has 2 N–H and O–H groups in total. The molecule has 0 atom stereocenters. The first-order chi connectivity index (χ1) is 12.1. The average molecular weight is 342 g/mol. The Morgan fingerprint density at radius 1 is 1.28 bits per heavy atom. The molecule has 1 aromatic carbocycles.